The normalized spacial score (nSPS) is 19.5. The molecule has 2 aliphatic rings. The summed E-state index contributed by atoms with van der Waals surface area (Å²) >= 11 is 0. The minimum atomic E-state index is -0.252. The molecule has 148 valence electrons. The van der Waals surface area contributed by atoms with Crippen LogP contribution < -0.4 is 5.32 Å². The predicted molar refractivity (Wildman–Crippen MR) is 104 cm³/mol. The highest BCUT2D eigenvalue weighted by molar-refractivity contribution is 5.85. The van der Waals surface area contributed by atoms with Crippen LogP contribution in [0.4, 0.5) is 4.39 Å². The van der Waals surface area contributed by atoms with Crippen molar-refractivity contribution in [3.8, 4) is 0 Å². The lowest BCUT2D eigenvalue weighted by Crippen LogP contribution is -2.42. The Morgan fingerprint density at radius 3 is 2.30 bits per heavy atom. The number of benzene rings is 1. The van der Waals surface area contributed by atoms with Gasteiger partial charge in [0.15, 0.2) is 0 Å². The number of hydrogen-bond acceptors (Lipinski definition) is 2. The first-order valence-electron chi connectivity index (χ1n) is 10.4. The van der Waals surface area contributed by atoms with Gasteiger partial charge in [0, 0.05) is 19.5 Å². The molecule has 0 radical (unpaired) electrons. The maximum absolute atomic E-state index is 13.3. The number of carbonyl (C=O) groups excluding carboxylic acids is 2. The molecule has 1 aromatic rings. The molecular formula is C22H31FN2O2. The van der Waals surface area contributed by atoms with Crippen LogP contribution in [0.15, 0.2) is 24.3 Å². The Bertz CT molecular complexity index is 620. The largest absolute Gasteiger partial charge is 0.347 e. The molecule has 1 unspecified atom stereocenters. The number of carbonyl (C=O) groups is 2. The molecule has 0 spiro atoms. The first-order valence-corrected chi connectivity index (χ1v) is 10.4. The Balaban J connectivity index is 1.58. The van der Waals surface area contributed by atoms with E-state index in [0.29, 0.717) is 12.3 Å². The van der Waals surface area contributed by atoms with Gasteiger partial charge in [0.25, 0.3) is 0 Å². The van der Waals surface area contributed by atoms with Gasteiger partial charge in [0.05, 0.1) is 6.54 Å². The molecule has 2 fully saturated rings. The summed E-state index contributed by atoms with van der Waals surface area (Å²) in [5, 5.41) is 2.83. The second-order valence-corrected chi connectivity index (χ2v) is 7.98. The quantitative estimate of drug-likeness (QED) is 0.818. The highest BCUT2D eigenvalue weighted by atomic mass is 19.1. The van der Waals surface area contributed by atoms with Crippen molar-refractivity contribution in [1.82, 2.24) is 10.2 Å². The summed E-state index contributed by atoms with van der Waals surface area (Å²) < 4.78 is 13.3. The van der Waals surface area contributed by atoms with Gasteiger partial charge in [-0.05, 0) is 61.6 Å². The number of likely N-dealkylation sites (tertiary alicyclic amines) is 1. The Kier molecular flexibility index (Phi) is 7.25. The molecular weight excluding hydrogens is 343 g/mol. The van der Waals surface area contributed by atoms with E-state index in [9.17, 15) is 14.0 Å². The van der Waals surface area contributed by atoms with Crippen LogP contribution in [0, 0.1) is 11.7 Å². The molecule has 1 aliphatic heterocycles. The lowest BCUT2D eigenvalue weighted by Gasteiger charge is -2.30. The van der Waals surface area contributed by atoms with Gasteiger partial charge in [-0.15, -0.1) is 0 Å². The zero-order valence-corrected chi connectivity index (χ0v) is 16.1. The van der Waals surface area contributed by atoms with Gasteiger partial charge >= 0.3 is 0 Å². The van der Waals surface area contributed by atoms with Crippen molar-refractivity contribution < 1.29 is 14.0 Å². The first-order chi connectivity index (χ1) is 13.1. The fraction of sp³-hybridized carbons (Fsp3) is 0.636. The van der Waals surface area contributed by atoms with Crippen molar-refractivity contribution in [2.75, 3.05) is 19.6 Å². The third-order valence-corrected chi connectivity index (χ3v) is 6.07. The van der Waals surface area contributed by atoms with Crippen LogP contribution in [0.25, 0.3) is 0 Å². The number of rotatable bonds is 6. The van der Waals surface area contributed by atoms with Crippen LogP contribution in [0.5, 0.6) is 0 Å². The van der Waals surface area contributed by atoms with E-state index in [0.717, 1.165) is 44.3 Å². The molecule has 1 atom stereocenters. The van der Waals surface area contributed by atoms with E-state index < -0.39 is 0 Å². The van der Waals surface area contributed by atoms with Crippen molar-refractivity contribution in [3.63, 3.8) is 0 Å². The second kappa shape index (κ2) is 9.86. The van der Waals surface area contributed by atoms with Crippen LogP contribution in [-0.2, 0) is 9.59 Å². The molecule has 1 saturated heterocycles. The molecule has 0 aromatic heterocycles. The van der Waals surface area contributed by atoms with Crippen molar-refractivity contribution in [3.05, 3.63) is 35.6 Å². The number of hydrogen-bond donors (Lipinski definition) is 1. The van der Waals surface area contributed by atoms with Crippen LogP contribution in [0.2, 0.25) is 0 Å². The van der Waals surface area contributed by atoms with Crippen molar-refractivity contribution in [2.24, 2.45) is 5.92 Å². The Hall–Kier alpha value is -1.91. The summed E-state index contributed by atoms with van der Waals surface area (Å²) in [6, 6.07) is 6.56. The highest BCUT2D eigenvalue weighted by Crippen LogP contribution is 2.38. The monoisotopic (exact) mass is 374 g/mol. The molecule has 1 aliphatic carbocycles. The Morgan fingerprint density at radius 1 is 1.00 bits per heavy atom. The van der Waals surface area contributed by atoms with Crippen LogP contribution in [-0.4, -0.2) is 36.3 Å². The fourth-order valence-corrected chi connectivity index (χ4v) is 4.50. The SMILES string of the molecule is O=C(CC(c1ccc(F)cc1)C1CCCCC1)NCC(=O)N1CCCCC1. The van der Waals surface area contributed by atoms with Crippen LogP contribution in [0.1, 0.15) is 69.3 Å². The second-order valence-electron chi connectivity index (χ2n) is 7.98. The lowest BCUT2D eigenvalue weighted by molar-refractivity contribution is -0.133. The fourth-order valence-electron chi connectivity index (χ4n) is 4.50. The lowest BCUT2D eigenvalue weighted by atomic mass is 9.75. The van der Waals surface area contributed by atoms with Gasteiger partial charge in [0.2, 0.25) is 11.8 Å². The minimum Gasteiger partial charge on any atom is -0.347 e. The zero-order chi connectivity index (χ0) is 19.1. The molecule has 3 rings (SSSR count). The average Bonchev–Trinajstić information content (AvgIpc) is 2.72. The summed E-state index contributed by atoms with van der Waals surface area (Å²) in [6.45, 7) is 1.68. The smallest absolute Gasteiger partial charge is 0.241 e. The first kappa shape index (κ1) is 19.8. The van der Waals surface area contributed by atoms with Crippen LogP contribution >= 0.6 is 0 Å². The topological polar surface area (TPSA) is 49.4 Å². The molecule has 1 aromatic carbocycles. The van der Waals surface area contributed by atoms with E-state index in [1.165, 1.54) is 37.8 Å². The van der Waals surface area contributed by atoms with Gasteiger partial charge in [0.1, 0.15) is 5.82 Å². The number of piperidine rings is 1. The van der Waals surface area contributed by atoms with Gasteiger partial charge < -0.3 is 10.2 Å². The van der Waals surface area contributed by atoms with Crippen LogP contribution in [0.3, 0.4) is 0 Å². The van der Waals surface area contributed by atoms with Crippen molar-refractivity contribution in [2.45, 2.75) is 63.7 Å². The maximum atomic E-state index is 13.3. The molecule has 27 heavy (non-hydrogen) atoms. The van der Waals surface area contributed by atoms with Crippen molar-refractivity contribution in [1.29, 1.82) is 0 Å². The van der Waals surface area contributed by atoms with E-state index in [-0.39, 0.29) is 30.1 Å². The Labute approximate surface area is 161 Å². The summed E-state index contributed by atoms with van der Waals surface area (Å²) in [4.78, 5) is 26.7. The third-order valence-electron chi connectivity index (χ3n) is 6.07. The van der Waals surface area contributed by atoms with Gasteiger partial charge in [-0.2, -0.15) is 0 Å². The van der Waals surface area contributed by atoms with Gasteiger partial charge in [-0.1, -0.05) is 31.4 Å². The predicted octanol–water partition coefficient (Wildman–Crippen LogP) is 4.01. The molecule has 0 bridgehead atoms. The van der Waals surface area contributed by atoms with Gasteiger partial charge in [-0.3, -0.25) is 9.59 Å². The van der Waals surface area contributed by atoms with E-state index in [4.69, 9.17) is 0 Å². The summed E-state index contributed by atoms with van der Waals surface area (Å²) in [7, 11) is 0. The standard InChI is InChI=1S/C22H31FN2O2/c23-19-11-9-18(10-12-19)20(17-7-3-1-4-8-17)15-21(26)24-16-22(27)25-13-5-2-6-14-25/h9-12,17,20H,1-8,13-16H2,(H,24,26). The molecule has 5 heteroatoms. The van der Waals surface area contributed by atoms with Gasteiger partial charge in [-0.25, -0.2) is 4.39 Å². The maximum Gasteiger partial charge on any atom is 0.241 e. The minimum absolute atomic E-state index is 0.0130. The summed E-state index contributed by atoms with van der Waals surface area (Å²) in [5.74, 6) is 0.223. The average molecular weight is 375 g/mol. The molecule has 1 heterocycles. The zero-order valence-electron chi connectivity index (χ0n) is 16.1. The highest BCUT2D eigenvalue weighted by Gasteiger charge is 2.27. The van der Waals surface area contributed by atoms with E-state index in [2.05, 4.69) is 5.32 Å². The third kappa shape index (κ3) is 5.78. The molecule has 1 saturated carbocycles. The van der Waals surface area contributed by atoms with Crippen molar-refractivity contribution >= 4 is 11.8 Å². The van der Waals surface area contributed by atoms with E-state index in [1.807, 2.05) is 4.90 Å². The number of halogens is 1. The number of nitrogens with one attached hydrogen (secondary N) is 1. The molecule has 4 nitrogen and oxygen atoms in total. The number of nitrogens with zero attached hydrogens (tertiary/aromatic N) is 1. The Morgan fingerprint density at radius 2 is 1.63 bits per heavy atom. The molecule has 1 N–H and O–H groups in total. The van der Waals surface area contributed by atoms with E-state index in [1.54, 1.807) is 12.1 Å². The summed E-state index contributed by atoms with van der Waals surface area (Å²) in [6.07, 6.45) is 9.50. The number of amides is 2. The van der Waals surface area contributed by atoms with E-state index >= 15 is 0 Å². The summed E-state index contributed by atoms with van der Waals surface area (Å²) in [5.41, 5.74) is 1.03. The molecule has 2 amide bonds.